The van der Waals surface area contributed by atoms with Crippen molar-refractivity contribution in [2.45, 2.75) is 20.3 Å². The molecule has 2 aromatic rings. The number of ether oxygens (including phenoxy) is 2. The molecule has 0 bridgehead atoms. The van der Waals surface area contributed by atoms with E-state index in [4.69, 9.17) is 25.5 Å². The van der Waals surface area contributed by atoms with Crippen molar-refractivity contribution in [3.63, 3.8) is 0 Å². The van der Waals surface area contributed by atoms with E-state index in [2.05, 4.69) is 4.98 Å². The molecule has 0 N–H and O–H groups in total. The van der Waals surface area contributed by atoms with Gasteiger partial charge in [-0.3, -0.25) is 0 Å². The van der Waals surface area contributed by atoms with Gasteiger partial charge in [-0.15, -0.1) is 0 Å². The maximum Gasteiger partial charge on any atom is 0.399 e. The summed E-state index contributed by atoms with van der Waals surface area (Å²) in [4.78, 5) is 15.3. The van der Waals surface area contributed by atoms with Gasteiger partial charge >= 0.3 is 12.0 Å². The van der Waals surface area contributed by atoms with E-state index >= 15 is 0 Å². The van der Waals surface area contributed by atoms with Crippen LogP contribution in [0.2, 0.25) is 5.02 Å². The summed E-state index contributed by atoms with van der Waals surface area (Å²) >= 11 is 6.02. The van der Waals surface area contributed by atoms with Crippen molar-refractivity contribution in [2.24, 2.45) is 0 Å². The molecular weight excluding hydrogens is 282 g/mol. The summed E-state index contributed by atoms with van der Waals surface area (Å²) in [6.45, 7) is 3.99. The molecule has 0 aliphatic carbocycles. The lowest BCUT2D eigenvalue weighted by molar-refractivity contribution is 0.0519. The molecule has 0 amide bonds. The van der Waals surface area contributed by atoms with E-state index in [-0.39, 0.29) is 18.4 Å². The monoisotopic (exact) mass is 295 g/mol. The van der Waals surface area contributed by atoms with Gasteiger partial charge in [-0.2, -0.15) is 4.98 Å². The van der Waals surface area contributed by atoms with Crippen molar-refractivity contribution in [1.82, 2.24) is 4.98 Å². The summed E-state index contributed by atoms with van der Waals surface area (Å²) in [7, 11) is 0. The summed E-state index contributed by atoms with van der Waals surface area (Å²) in [5, 5.41) is 0.680. The van der Waals surface area contributed by atoms with Gasteiger partial charge in [-0.05, 0) is 37.1 Å². The van der Waals surface area contributed by atoms with Crippen LogP contribution < -0.4 is 4.74 Å². The Balaban J connectivity index is 2.12. The average molecular weight is 296 g/mol. The summed E-state index contributed by atoms with van der Waals surface area (Å²) in [6, 6.07) is 5.25. The normalized spacial score (nSPS) is 10.3. The second-order valence-corrected chi connectivity index (χ2v) is 4.34. The molecule has 6 heteroatoms. The predicted octanol–water partition coefficient (Wildman–Crippen LogP) is 3.86. The van der Waals surface area contributed by atoms with Gasteiger partial charge in [0.25, 0.3) is 0 Å². The molecule has 1 aromatic carbocycles. The Bertz CT molecular complexity index is 609. The van der Waals surface area contributed by atoms with Crippen molar-refractivity contribution >= 4 is 17.6 Å². The van der Waals surface area contributed by atoms with Gasteiger partial charge in [0, 0.05) is 5.02 Å². The highest BCUT2D eigenvalue weighted by molar-refractivity contribution is 6.31. The number of hydrogen-bond donors (Lipinski definition) is 0. The minimum atomic E-state index is -0.545. The van der Waals surface area contributed by atoms with Gasteiger partial charge in [0.1, 0.15) is 12.0 Å². The molecule has 5 nitrogen and oxygen atoms in total. The first-order chi connectivity index (χ1) is 9.63. The number of aryl methyl sites for hydroxylation is 1. The van der Waals surface area contributed by atoms with Gasteiger partial charge in [0.05, 0.1) is 6.61 Å². The van der Waals surface area contributed by atoms with E-state index < -0.39 is 5.97 Å². The molecule has 0 radical (unpaired) electrons. The molecular formula is C14H14ClNO4. The van der Waals surface area contributed by atoms with E-state index in [1.165, 1.54) is 6.26 Å². The molecule has 1 heterocycles. The van der Waals surface area contributed by atoms with Crippen LogP contribution in [0.5, 0.6) is 11.8 Å². The molecule has 0 unspecified atom stereocenters. The highest BCUT2D eigenvalue weighted by Crippen LogP contribution is 2.26. The van der Waals surface area contributed by atoms with Crippen LogP contribution in [0.25, 0.3) is 0 Å². The van der Waals surface area contributed by atoms with Crippen LogP contribution in [0.3, 0.4) is 0 Å². The van der Waals surface area contributed by atoms with Gasteiger partial charge in [-0.25, -0.2) is 4.79 Å². The number of aromatic nitrogens is 1. The standard InChI is InChI=1S/C14H14ClNO4/c1-3-9-7-10(5-6-11(9)15)20-14-16-12(8-19-14)13(17)18-4-2/h5-8H,3-4H2,1-2H3. The molecule has 106 valence electrons. The Morgan fingerprint density at radius 1 is 1.40 bits per heavy atom. The van der Waals surface area contributed by atoms with Gasteiger partial charge in [0.15, 0.2) is 5.69 Å². The number of esters is 1. The molecule has 1 aromatic heterocycles. The largest absolute Gasteiger partial charge is 0.461 e. The second kappa shape index (κ2) is 6.43. The molecule has 0 saturated heterocycles. The average Bonchev–Trinajstić information content (AvgIpc) is 2.90. The maximum absolute atomic E-state index is 11.4. The van der Waals surface area contributed by atoms with E-state index in [1.807, 2.05) is 6.92 Å². The molecule has 0 saturated carbocycles. The Morgan fingerprint density at radius 2 is 2.20 bits per heavy atom. The summed E-state index contributed by atoms with van der Waals surface area (Å²) in [5.74, 6) is -0.0000350. The van der Waals surface area contributed by atoms with Crippen molar-refractivity contribution in [1.29, 1.82) is 0 Å². The van der Waals surface area contributed by atoms with Crippen LogP contribution in [-0.2, 0) is 11.2 Å². The zero-order valence-corrected chi connectivity index (χ0v) is 11.9. The number of halogens is 1. The highest BCUT2D eigenvalue weighted by atomic mass is 35.5. The molecule has 0 spiro atoms. The van der Waals surface area contributed by atoms with Crippen LogP contribution in [0.1, 0.15) is 29.9 Å². The number of benzene rings is 1. The lowest BCUT2D eigenvalue weighted by atomic mass is 10.2. The first-order valence-corrected chi connectivity index (χ1v) is 6.60. The quantitative estimate of drug-likeness (QED) is 0.784. The number of rotatable bonds is 5. The zero-order valence-electron chi connectivity index (χ0n) is 11.2. The highest BCUT2D eigenvalue weighted by Gasteiger charge is 2.14. The van der Waals surface area contributed by atoms with Crippen molar-refractivity contribution in [2.75, 3.05) is 6.61 Å². The summed E-state index contributed by atoms with van der Waals surface area (Å²) in [5.41, 5.74) is 1.04. The van der Waals surface area contributed by atoms with Gasteiger partial charge in [-0.1, -0.05) is 18.5 Å². The maximum atomic E-state index is 11.4. The van der Waals surface area contributed by atoms with E-state index in [9.17, 15) is 4.79 Å². The van der Waals surface area contributed by atoms with Crippen LogP contribution >= 0.6 is 11.6 Å². The molecule has 0 aliphatic rings. The topological polar surface area (TPSA) is 61.6 Å². The molecule has 0 fully saturated rings. The Morgan fingerprint density at radius 3 is 2.90 bits per heavy atom. The van der Waals surface area contributed by atoms with Gasteiger partial charge in [0.2, 0.25) is 0 Å². The number of hydrogen-bond acceptors (Lipinski definition) is 5. The SMILES string of the molecule is CCOC(=O)c1coc(Oc2ccc(Cl)c(CC)c2)n1. The minimum absolute atomic E-state index is 0.0163. The minimum Gasteiger partial charge on any atom is -0.461 e. The Hall–Kier alpha value is -2.01. The second-order valence-electron chi connectivity index (χ2n) is 3.93. The smallest absolute Gasteiger partial charge is 0.399 e. The molecule has 0 atom stereocenters. The molecule has 0 aliphatic heterocycles. The first-order valence-electron chi connectivity index (χ1n) is 6.23. The summed E-state index contributed by atoms with van der Waals surface area (Å²) < 4.78 is 15.3. The van der Waals surface area contributed by atoms with Crippen LogP contribution in [-0.4, -0.2) is 17.6 Å². The van der Waals surface area contributed by atoms with E-state index in [0.29, 0.717) is 10.8 Å². The number of nitrogens with zero attached hydrogens (tertiary/aromatic N) is 1. The predicted molar refractivity (Wildman–Crippen MR) is 73.4 cm³/mol. The Kier molecular flexibility index (Phi) is 4.63. The molecule has 20 heavy (non-hydrogen) atoms. The third-order valence-corrected chi connectivity index (χ3v) is 2.94. The fourth-order valence-electron chi connectivity index (χ4n) is 1.59. The third kappa shape index (κ3) is 3.30. The third-order valence-electron chi connectivity index (χ3n) is 2.57. The van der Waals surface area contributed by atoms with Crippen LogP contribution in [0, 0.1) is 0 Å². The number of carbonyl (C=O) groups is 1. The fraction of sp³-hybridized carbons (Fsp3) is 0.286. The van der Waals surface area contributed by atoms with Crippen molar-refractivity contribution in [3.8, 4) is 11.8 Å². The van der Waals surface area contributed by atoms with Crippen molar-refractivity contribution < 1.29 is 18.7 Å². The van der Waals surface area contributed by atoms with E-state index in [0.717, 1.165) is 12.0 Å². The molecule has 2 rings (SSSR count). The lowest BCUT2D eigenvalue weighted by Crippen LogP contribution is -2.04. The number of oxazole rings is 1. The first kappa shape index (κ1) is 14.4. The van der Waals surface area contributed by atoms with Crippen molar-refractivity contribution in [3.05, 3.63) is 40.7 Å². The van der Waals surface area contributed by atoms with Crippen LogP contribution in [0.4, 0.5) is 0 Å². The lowest BCUT2D eigenvalue weighted by Gasteiger charge is -2.04. The van der Waals surface area contributed by atoms with E-state index in [1.54, 1.807) is 25.1 Å². The van der Waals surface area contributed by atoms with Crippen LogP contribution in [0.15, 0.2) is 28.9 Å². The summed E-state index contributed by atoms with van der Waals surface area (Å²) in [6.07, 6.45) is 1.97. The number of carbonyl (C=O) groups excluding carboxylic acids is 1. The fourth-order valence-corrected chi connectivity index (χ4v) is 1.84. The van der Waals surface area contributed by atoms with Gasteiger partial charge < -0.3 is 13.9 Å². The Labute approximate surface area is 121 Å². The zero-order chi connectivity index (χ0) is 14.5.